The number of hydrogen-bond donors (Lipinski definition) is 0. The van der Waals surface area contributed by atoms with E-state index in [0.29, 0.717) is 10.8 Å². The van der Waals surface area contributed by atoms with E-state index in [0.717, 1.165) is 32.7 Å². The Kier molecular flexibility index (Phi) is 5.44. The van der Waals surface area contributed by atoms with E-state index in [-0.39, 0.29) is 12.5 Å². The second-order valence-electron chi connectivity index (χ2n) is 4.69. The molecule has 0 saturated carbocycles. The summed E-state index contributed by atoms with van der Waals surface area (Å²) in [5.41, 5.74) is 0. The molecule has 0 aromatic heterocycles. The molecule has 108 valence electrons. The van der Waals surface area contributed by atoms with Crippen molar-refractivity contribution >= 4 is 17.5 Å². The van der Waals surface area contributed by atoms with Crippen LogP contribution in [0.1, 0.15) is 0 Å². The molecule has 0 unspecified atom stereocenters. The molecule has 2 rings (SSSR count). The number of carbonyl (C=O) groups is 1. The molecule has 1 aromatic rings. The molecule has 1 heterocycles. The molecule has 0 spiro atoms. The SMILES string of the molecule is C=CCN1CCN(C(=O)COc2ccccc2Cl)CC1. The zero-order valence-electron chi connectivity index (χ0n) is 11.4. The number of nitrogens with zero attached hydrogens (tertiary/aromatic N) is 2. The normalized spacial score (nSPS) is 15.9. The van der Waals surface area contributed by atoms with Gasteiger partial charge >= 0.3 is 0 Å². The fraction of sp³-hybridized carbons (Fsp3) is 0.400. The van der Waals surface area contributed by atoms with Crippen molar-refractivity contribution in [2.45, 2.75) is 0 Å². The smallest absolute Gasteiger partial charge is 0.260 e. The molecule has 0 N–H and O–H groups in total. The van der Waals surface area contributed by atoms with Crippen molar-refractivity contribution in [2.75, 3.05) is 39.3 Å². The Morgan fingerprint density at radius 2 is 2.00 bits per heavy atom. The highest BCUT2D eigenvalue weighted by atomic mass is 35.5. The molecular weight excluding hydrogens is 276 g/mol. The maximum absolute atomic E-state index is 12.1. The summed E-state index contributed by atoms with van der Waals surface area (Å²) in [7, 11) is 0. The van der Waals surface area contributed by atoms with E-state index in [1.807, 2.05) is 23.1 Å². The number of piperazine rings is 1. The summed E-state index contributed by atoms with van der Waals surface area (Å²) in [4.78, 5) is 16.2. The van der Waals surface area contributed by atoms with Gasteiger partial charge in [-0.15, -0.1) is 6.58 Å². The number of benzene rings is 1. The highest BCUT2D eigenvalue weighted by molar-refractivity contribution is 6.32. The third kappa shape index (κ3) is 3.99. The van der Waals surface area contributed by atoms with E-state index in [9.17, 15) is 4.79 Å². The molecule has 1 fully saturated rings. The van der Waals surface area contributed by atoms with Gasteiger partial charge in [-0.25, -0.2) is 0 Å². The topological polar surface area (TPSA) is 32.8 Å². The summed E-state index contributed by atoms with van der Waals surface area (Å²) in [6, 6.07) is 7.17. The van der Waals surface area contributed by atoms with Gasteiger partial charge < -0.3 is 9.64 Å². The lowest BCUT2D eigenvalue weighted by Gasteiger charge is -2.34. The van der Waals surface area contributed by atoms with Crippen molar-refractivity contribution < 1.29 is 9.53 Å². The van der Waals surface area contributed by atoms with Gasteiger partial charge in [-0.2, -0.15) is 0 Å². The summed E-state index contributed by atoms with van der Waals surface area (Å²) in [6.45, 7) is 7.86. The van der Waals surface area contributed by atoms with Crippen LogP contribution in [0.4, 0.5) is 0 Å². The van der Waals surface area contributed by atoms with Crippen LogP contribution in [0.25, 0.3) is 0 Å². The molecule has 1 aromatic carbocycles. The predicted octanol–water partition coefficient (Wildman–Crippen LogP) is 2.05. The van der Waals surface area contributed by atoms with Crippen LogP contribution in [-0.4, -0.2) is 55.0 Å². The number of para-hydroxylation sites is 1. The Bertz CT molecular complexity index is 471. The minimum Gasteiger partial charge on any atom is -0.482 e. The quantitative estimate of drug-likeness (QED) is 0.779. The van der Waals surface area contributed by atoms with Crippen molar-refractivity contribution in [1.82, 2.24) is 9.80 Å². The number of carbonyl (C=O) groups excluding carboxylic acids is 1. The molecule has 5 heteroatoms. The monoisotopic (exact) mass is 294 g/mol. The second-order valence-corrected chi connectivity index (χ2v) is 5.10. The highest BCUT2D eigenvalue weighted by Gasteiger charge is 2.20. The van der Waals surface area contributed by atoms with Gasteiger partial charge in [-0.3, -0.25) is 9.69 Å². The van der Waals surface area contributed by atoms with Crippen LogP contribution < -0.4 is 4.74 Å². The Balaban J connectivity index is 1.79. The van der Waals surface area contributed by atoms with Crippen LogP contribution in [0.3, 0.4) is 0 Å². The fourth-order valence-corrected chi connectivity index (χ4v) is 2.35. The Morgan fingerprint density at radius 1 is 1.30 bits per heavy atom. The van der Waals surface area contributed by atoms with E-state index in [4.69, 9.17) is 16.3 Å². The second kappa shape index (κ2) is 7.31. The molecule has 1 aliphatic heterocycles. The van der Waals surface area contributed by atoms with Crippen LogP contribution in [0.5, 0.6) is 5.75 Å². The van der Waals surface area contributed by atoms with Crippen LogP contribution >= 0.6 is 11.6 Å². The molecule has 1 aliphatic rings. The van der Waals surface area contributed by atoms with E-state index < -0.39 is 0 Å². The van der Waals surface area contributed by atoms with Gasteiger partial charge in [0.1, 0.15) is 5.75 Å². The minimum absolute atomic E-state index is 0.00294. The number of halogens is 1. The number of amides is 1. The maximum atomic E-state index is 12.1. The molecular formula is C15H19ClN2O2. The lowest BCUT2D eigenvalue weighted by atomic mass is 10.3. The van der Waals surface area contributed by atoms with Crippen molar-refractivity contribution in [1.29, 1.82) is 0 Å². The fourth-order valence-electron chi connectivity index (χ4n) is 2.15. The molecule has 4 nitrogen and oxygen atoms in total. The molecule has 0 radical (unpaired) electrons. The number of hydrogen-bond acceptors (Lipinski definition) is 3. The lowest BCUT2D eigenvalue weighted by Crippen LogP contribution is -2.49. The molecule has 0 aliphatic carbocycles. The average Bonchev–Trinajstić information content (AvgIpc) is 2.47. The van der Waals surface area contributed by atoms with Crippen LogP contribution in [0.15, 0.2) is 36.9 Å². The summed E-state index contributed by atoms with van der Waals surface area (Å²) in [5, 5.41) is 0.524. The number of ether oxygens (including phenoxy) is 1. The van der Waals surface area contributed by atoms with E-state index in [1.54, 1.807) is 12.1 Å². The average molecular weight is 295 g/mol. The van der Waals surface area contributed by atoms with Gasteiger partial charge in [0, 0.05) is 32.7 Å². The van der Waals surface area contributed by atoms with Crippen LogP contribution in [0, 0.1) is 0 Å². The first-order valence-electron chi connectivity index (χ1n) is 6.69. The van der Waals surface area contributed by atoms with Gasteiger partial charge in [0.2, 0.25) is 0 Å². The van der Waals surface area contributed by atoms with Gasteiger partial charge in [0.15, 0.2) is 6.61 Å². The van der Waals surface area contributed by atoms with Gasteiger partial charge in [0.25, 0.3) is 5.91 Å². The Labute approximate surface area is 124 Å². The highest BCUT2D eigenvalue weighted by Crippen LogP contribution is 2.23. The Morgan fingerprint density at radius 3 is 2.65 bits per heavy atom. The first kappa shape index (κ1) is 14.9. The largest absolute Gasteiger partial charge is 0.482 e. The maximum Gasteiger partial charge on any atom is 0.260 e. The minimum atomic E-state index is 0.00294. The van der Waals surface area contributed by atoms with Crippen molar-refractivity contribution in [3.05, 3.63) is 41.9 Å². The van der Waals surface area contributed by atoms with E-state index in [1.165, 1.54) is 0 Å². The lowest BCUT2D eigenvalue weighted by molar-refractivity contribution is -0.135. The standard InChI is InChI=1S/C15H19ClN2O2/c1-2-7-17-8-10-18(11-9-17)15(19)12-20-14-6-4-3-5-13(14)16/h2-6H,1,7-12H2. The van der Waals surface area contributed by atoms with Gasteiger partial charge in [-0.1, -0.05) is 29.8 Å². The predicted molar refractivity (Wildman–Crippen MR) is 80.2 cm³/mol. The van der Waals surface area contributed by atoms with Gasteiger partial charge in [-0.05, 0) is 12.1 Å². The molecule has 1 amide bonds. The Hall–Kier alpha value is -1.52. The van der Waals surface area contributed by atoms with E-state index >= 15 is 0 Å². The summed E-state index contributed by atoms with van der Waals surface area (Å²) >= 11 is 5.98. The van der Waals surface area contributed by atoms with Gasteiger partial charge in [0.05, 0.1) is 5.02 Å². The van der Waals surface area contributed by atoms with Crippen molar-refractivity contribution in [3.8, 4) is 5.75 Å². The zero-order chi connectivity index (χ0) is 14.4. The molecule has 20 heavy (non-hydrogen) atoms. The van der Waals surface area contributed by atoms with Crippen LogP contribution in [0.2, 0.25) is 5.02 Å². The summed E-state index contributed by atoms with van der Waals surface area (Å²) in [6.07, 6.45) is 1.89. The first-order valence-corrected chi connectivity index (χ1v) is 7.07. The third-order valence-corrected chi connectivity index (χ3v) is 3.61. The van der Waals surface area contributed by atoms with Crippen LogP contribution in [-0.2, 0) is 4.79 Å². The third-order valence-electron chi connectivity index (χ3n) is 3.30. The molecule has 0 bridgehead atoms. The van der Waals surface area contributed by atoms with Crippen molar-refractivity contribution in [3.63, 3.8) is 0 Å². The molecule has 1 saturated heterocycles. The first-order chi connectivity index (χ1) is 9.70. The summed E-state index contributed by atoms with van der Waals surface area (Å²) in [5.74, 6) is 0.552. The number of rotatable bonds is 5. The van der Waals surface area contributed by atoms with Crippen molar-refractivity contribution in [2.24, 2.45) is 0 Å². The summed E-state index contributed by atoms with van der Waals surface area (Å²) < 4.78 is 5.47. The van der Waals surface area contributed by atoms with E-state index in [2.05, 4.69) is 11.5 Å². The molecule has 0 atom stereocenters. The zero-order valence-corrected chi connectivity index (χ0v) is 12.2.